The Balaban J connectivity index is 1.55. The van der Waals surface area contributed by atoms with Gasteiger partial charge in [-0.2, -0.15) is 21.5 Å². The van der Waals surface area contributed by atoms with E-state index in [0.717, 1.165) is 11.3 Å². The zero-order chi connectivity index (χ0) is 28.5. The van der Waals surface area contributed by atoms with E-state index in [-0.39, 0.29) is 11.1 Å². The van der Waals surface area contributed by atoms with Gasteiger partial charge in [-0.25, -0.2) is 4.79 Å². The normalized spacial score (nSPS) is 11.8. The van der Waals surface area contributed by atoms with Crippen LogP contribution in [0.4, 0.5) is 10.5 Å². The Morgan fingerprint density at radius 3 is 2.62 bits per heavy atom. The summed E-state index contributed by atoms with van der Waals surface area (Å²) in [5, 5.41) is 26.0. The fraction of sp³-hybridized carbons (Fsp3) is 0.192. The summed E-state index contributed by atoms with van der Waals surface area (Å²) in [5.74, 6) is 0.449. The van der Waals surface area contributed by atoms with Gasteiger partial charge in [0.1, 0.15) is 6.33 Å². The Morgan fingerprint density at radius 1 is 1.12 bits per heavy atom. The van der Waals surface area contributed by atoms with Gasteiger partial charge in [0, 0.05) is 27.9 Å². The molecule has 0 aliphatic carbocycles. The molecule has 0 fully saturated rings. The zero-order valence-electron chi connectivity index (χ0n) is 21.4. The van der Waals surface area contributed by atoms with Crippen molar-refractivity contribution in [2.75, 3.05) is 24.4 Å². The molecule has 0 aliphatic heterocycles. The Kier molecular flexibility index (Phi) is 10.1. The van der Waals surface area contributed by atoms with Gasteiger partial charge in [0.05, 0.1) is 24.5 Å². The van der Waals surface area contributed by atoms with Crippen molar-refractivity contribution in [2.24, 2.45) is 0 Å². The van der Waals surface area contributed by atoms with E-state index < -0.39 is 12.1 Å². The lowest BCUT2D eigenvalue weighted by Crippen LogP contribution is -2.28. The molecule has 2 N–H and O–H groups in total. The third kappa shape index (κ3) is 7.56. The van der Waals surface area contributed by atoms with Crippen molar-refractivity contribution in [3.05, 3.63) is 82.4 Å². The van der Waals surface area contributed by atoms with Gasteiger partial charge < -0.3 is 10.1 Å². The quantitative estimate of drug-likeness (QED) is 0.235. The van der Waals surface area contributed by atoms with Crippen molar-refractivity contribution in [3.63, 3.8) is 0 Å². The molecule has 0 spiro atoms. The van der Waals surface area contributed by atoms with Crippen molar-refractivity contribution < 1.29 is 14.3 Å². The number of nitrogens with zero attached hydrogens (tertiary/aromatic N) is 6. The lowest BCUT2D eigenvalue weighted by atomic mass is 10.0. The molecular weight excluding hydrogens is 575 g/mol. The first-order valence-electron chi connectivity index (χ1n) is 11.9. The first-order valence-corrected chi connectivity index (χ1v) is 14.0. The molecule has 2 aromatic heterocycles. The number of anilines is 1. The third-order valence-electron chi connectivity index (χ3n) is 5.68. The Bertz CT molecular complexity index is 1500. The van der Waals surface area contributed by atoms with Gasteiger partial charge in [0.15, 0.2) is 5.15 Å². The molecule has 4 rings (SSSR count). The number of tetrazole rings is 1. The standard InChI is InChI=1S/C26H24Cl2N8O3S/c1-39-26(38)30-19-7-3-16(4-8-19)20-14-22(32-33-25(20)28)21(11-12-40-2)31-24(37)10-5-17-13-18(27)6-9-23(17)36-15-29-34-35-36/h3-10,13-15,21H,11-12H2,1-2H3,(H,30,38)(H,31,37)/b10-5+. The van der Waals surface area contributed by atoms with Crippen LogP contribution in [0.5, 0.6) is 0 Å². The highest BCUT2D eigenvalue weighted by molar-refractivity contribution is 7.98. The van der Waals surface area contributed by atoms with E-state index in [4.69, 9.17) is 23.2 Å². The molecule has 4 aromatic rings. The number of hydrogen-bond donors (Lipinski definition) is 2. The number of aromatic nitrogens is 6. The maximum Gasteiger partial charge on any atom is 0.411 e. The first kappa shape index (κ1) is 29.0. The minimum absolute atomic E-state index is 0.211. The van der Waals surface area contributed by atoms with Gasteiger partial charge in [-0.3, -0.25) is 10.1 Å². The van der Waals surface area contributed by atoms with E-state index in [1.165, 1.54) is 24.2 Å². The Hall–Kier alpha value is -4.00. The molecule has 40 heavy (non-hydrogen) atoms. The molecule has 2 heterocycles. The second kappa shape index (κ2) is 13.9. The van der Waals surface area contributed by atoms with E-state index in [1.54, 1.807) is 66.4 Å². The predicted octanol–water partition coefficient (Wildman–Crippen LogP) is 5.23. The largest absolute Gasteiger partial charge is 0.453 e. The number of carbonyl (C=O) groups is 2. The van der Waals surface area contributed by atoms with Crippen LogP contribution in [0.2, 0.25) is 10.2 Å². The van der Waals surface area contributed by atoms with Crippen LogP contribution < -0.4 is 10.6 Å². The van der Waals surface area contributed by atoms with Crippen LogP contribution in [-0.4, -0.2) is 61.5 Å². The van der Waals surface area contributed by atoms with Crippen LogP contribution >= 0.6 is 35.0 Å². The molecule has 0 saturated carbocycles. The van der Waals surface area contributed by atoms with Crippen LogP contribution in [0.1, 0.15) is 23.7 Å². The van der Waals surface area contributed by atoms with Gasteiger partial charge in [0.25, 0.3) is 0 Å². The maximum atomic E-state index is 13.0. The molecule has 11 nitrogen and oxygen atoms in total. The average Bonchev–Trinajstić information content (AvgIpc) is 3.50. The highest BCUT2D eigenvalue weighted by Crippen LogP contribution is 2.30. The van der Waals surface area contributed by atoms with E-state index in [9.17, 15) is 9.59 Å². The number of benzene rings is 2. The van der Waals surface area contributed by atoms with Gasteiger partial charge in [-0.15, -0.1) is 10.2 Å². The molecule has 14 heteroatoms. The Morgan fingerprint density at radius 2 is 1.93 bits per heavy atom. The summed E-state index contributed by atoms with van der Waals surface area (Å²) in [6.45, 7) is 0. The van der Waals surface area contributed by atoms with Crippen molar-refractivity contribution in [1.82, 2.24) is 35.7 Å². The summed E-state index contributed by atoms with van der Waals surface area (Å²) in [6, 6.07) is 13.6. The number of carbonyl (C=O) groups excluding carboxylic acids is 2. The number of thioether (sulfide) groups is 1. The fourth-order valence-electron chi connectivity index (χ4n) is 3.72. The van der Waals surface area contributed by atoms with Crippen molar-refractivity contribution in [3.8, 4) is 16.8 Å². The molecule has 1 atom stereocenters. The van der Waals surface area contributed by atoms with Gasteiger partial charge in [-0.05, 0) is 76.9 Å². The molecule has 2 amide bonds. The second-order valence-corrected chi connectivity index (χ2v) is 10.1. The monoisotopic (exact) mass is 598 g/mol. The molecule has 206 valence electrons. The minimum atomic E-state index is -0.568. The van der Waals surface area contributed by atoms with Gasteiger partial charge >= 0.3 is 6.09 Å². The highest BCUT2D eigenvalue weighted by atomic mass is 35.5. The number of halogens is 2. The van der Waals surface area contributed by atoms with Gasteiger partial charge in [-0.1, -0.05) is 35.3 Å². The van der Waals surface area contributed by atoms with Crippen LogP contribution in [-0.2, 0) is 9.53 Å². The number of nitrogens with one attached hydrogen (secondary N) is 2. The SMILES string of the molecule is COC(=O)Nc1ccc(-c2cc(C(CCSC)NC(=O)/C=C/c3cc(Cl)ccc3-n3cnnn3)nnc2Cl)cc1. The van der Waals surface area contributed by atoms with Crippen LogP contribution in [0.15, 0.2) is 60.9 Å². The number of hydrogen-bond acceptors (Lipinski definition) is 9. The molecule has 0 radical (unpaired) electrons. The van der Waals surface area contributed by atoms with Gasteiger partial charge in [0.2, 0.25) is 5.91 Å². The van der Waals surface area contributed by atoms with Crippen LogP contribution in [0.3, 0.4) is 0 Å². The summed E-state index contributed by atoms with van der Waals surface area (Å²) in [6.07, 6.45) is 6.56. The summed E-state index contributed by atoms with van der Waals surface area (Å²) in [7, 11) is 1.29. The highest BCUT2D eigenvalue weighted by Gasteiger charge is 2.18. The van der Waals surface area contributed by atoms with Crippen molar-refractivity contribution in [1.29, 1.82) is 0 Å². The first-order chi connectivity index (χ1) is 19.4. The number of ether oxygens (including phenoxy) is 1. The Labute approximate surface area is 244 Å². The number of rotatable bonds is 10. The van der Waals surface area contributed by atoms with E-state index >= 15 is 0 Å². The topological polar surface area (TPSA) is 137 Å². The molecule has 1 unspecified atom stereocenters. The van der Waals surface area contributed by atoms with Crippen molar-refractivity contribution in [2.45, 2.75) is 12.5 Å². The van der Waals surface area contributed by atoms with E-state index in [1.807, 2.05) is 6.26 Å². The molecule has 0 saturated heterocycles. The molecule has 2 aromatic carbocycles. The predicted molar refractivity (Wildman–Crippen MR) is 156 cm³/mol. The summed E-state index contributed by atoms with van der Waals surface area (Å²) in [4.78, 5) is 24.5. The van der Waals surface area contributed by atoms with Crippen LogP contribution in [0, 0.1) is 0 Å². The summed E-state index contributed by atoms with van der Waals surface area (Å²) >= 11 is 14.2. The number of methoxy groups -OCH3 is 1. The van der Waals surface area contributed by atoms with Crippen LogP contribution in [0.25, 0.3) is 22.9 Å². The lowest BCUT2D eigenvalue weighted by Gasteiger charge is -2.18. The second-order valence-electron chi connectivity index (χ2n) is 8.30. The molecular formula is C26H24Cl2N8O3S. The zero-order valence-corrected chi connectivity index (χ0v) is 23.7. The smallest absolute Gasteiger partial charge is 0.411 e. The summed E-state index contributed by atoms with van der Waals surface area (Å²) in [5.41, 5.74) is 3.85. The van der Waals surface area contributed by atoms with E-state index in [0.29, 0.717) is 39.6 Å². The fourth-order valence-corrected chi connectivity index (χ4v) is 4.57. The third-order valence-corrected chi connectivity index (χ3v) is 6.84. The van der Waals surface area contributed by atoms with E-state index in [2.05, 4.69) is 41.1 Å². The molecule has 0 bridgehead atoms. The van der Waals surface area contributed by atoms with Crippen molar-refractivity contribution >= 4 is 58.7 Å². The maximum absolute atomic E-state index is 13.0. The number of amides is 2. The summed E-state index contributed by atoms with van der Waals surface area (Å²) < 4.78 is 6.10. The minimum Gasteiger partial charge on any atom is -0.453 e. The lowest BCUT2D eigenvalue weighted by molar-refractivity contribution is -0.117. The average molecular weight is 600 g/mol. The molecule has 0 aliphatic rings.